The van der Waals surface area contributed by atoms with Crippen molar-refractivity contribution < 1.29 is 0 Å². The lowest BCUT2D eigenvalue weighted by atomic mass is 10.6. The number of halogens is 2. The van der Waals surface area contributed by atoms with Gasteiger partial charge in [0, 0.05) is 6.20 Å². The van der Waals surface area contributed by atoms with E-state index >= 15 is 0 Å². The molecule has 0 aromatic heterocycles. The molecule has 0 amide bonds. The van der Waals surface area contributed by atoms with Gasteiger partial charge in [0.2, 0.25) is 0 Å². The predicted octanol–water partition coefficient (Wildman–Crippen LogP) is 1.15. The highest BCUT2D eigenvalue weighted by molar-refractivity contribution is 9.11. The standard InChI is InChI=1S/C4H5Br2N3/c5-3-1-9(6)2-4(7)8-3/h1-2,8H,7H2. The van der Waals surface area contributed by atoms with Gasteiger partial charge in [0.05, 0.1) is 22.3 Å². The Labute approximate surface area is 70.0 Å². The summed E-state index contributed by atoms with van der Waals surface area (Å²) in [5.41, 5.74) is 5.42. The highest BCUT2D eigenvalue weighted by atomic mass is 79.9. The van der Waals surface area contributed by atoms with E-state index in [4.69, 9.17) is 5.73 Å². The van der Waals surface area contributed by atoms with E-state index in [1.165, 1.54) is 0 Å². The van der Waals surface area contributed by atoms with E-state index < -0.39 is 0 Å². The molecule has 1 aliphatic heterocycles. The van der Waals surface area contributed by atoms with Gasteiger partial charge in [-0.25, -0.2) is 0 Å². The molecule has 0 saturated heterocycles. The Bertz CT molecular complexity index is 157. The SMILES string of the molecule is NC1=CN(Br)C=C(Br)N1. The van der Waals surface area contributed by atoms with Crippen molar-refractivity contribution in [3.63, 3.8) is 0 Å². The van der Waals surface area contributed by atoms with Gasteiger partial charge in [0.25, 0.3) is 0 Å². The molecule has 3 nitrogen and oxygen atoms in total. The molecule has 0 aliphatic carbocycles. The summed E-state index contributed by atoms with van der Waals surface area (Å²) in [5.74, 6) is 0.598. The third-order valence-electron chi connectivity index (χ3n) is 0.763. The molecule has 0 spiro atoms. The van der Waals surface area contributed by atoms with Gasteiger partial charge >= 0.3 is 0 Å². The number of nitrogens with two attached hydrogens (primary N) is 1. The number of hydrogen-bond acceptors (Lipinski definition) is 3. The van der Waals surface area contributed by atoms with E-state index in [0.29, 0.717) is 5.82 Å². The quantitative estimate of drug-likeness (QED) is 0.504. The van der Waals surface area contributed by atoms with Crippen LogP contribution < -0.4 is 11.1 Å². The van der Waals surface area contributed by atoms with Crippen LogP contribution in [-0.2, 0) is 0 Å². The maximum Gasteiger partial charge on any atom is 0.119 e. The Morgan fingerprint density at radius 3 is 2.67 bits per heavy atom. The van der Waals surface area contributed by atoms with Crippen LogP contribution in [0.2, 0.25) is 0 Å². The normalized spacial score (nSPS) is 18.2. The summed E-state index contributed by atoms with van der Waals surface area (Å²) < 4.78 is 2.52. The highest BCUT2D eigenvalue weighted by Crippen LogP contribution is 2.13. The molecule has 1 heterocycles. The molecule has 3 N–H and O–H groups in total. The van der Waals surface area contributed by atoms with E-state index in [2.05, 4.69) is 37.4 Å². The van der Waals surface area contributed by atoms with E-state index in [1.807, 2.05) is 0 Å². The van der Waals surface area contributed by atoms with Gasteiger partial charge in [-0.1, -0.05) is 0 Å². The molecule has 9 heavy (non-hydrogen) atoms. The predicted molar refractivity (Wildman–Crippen MR) is 43.2 cm³/mol. The third kappa shape index (κ3) is 1.91. The van der Waals surface area contributed by atoms with E-state index in [9.17, 15) is 0 Å². The van der Waals surface area contributed by atoms with Crippen LogP contribution in [-0.4, -0.2) is 3.93 Å². The zero-order chi connectivity index (χ0) is 6.85. The monoisotopic (exact) mass is 253 g/mol. The third-order valence-corrected chi connectivity index (χ3v) is 1.58. The molecule has 0 saturated carbocycles. The highest BCUT2D eigenvalue weighted by Gasteiger charge is 2.02. The zero-order valence-corrected chi connectivity index (χ0v) is 7.61. The van der Waals surface area contributed by atoms with Crippen molar-refractivity contribution in [1.29, 1.82) is 0 Å². The number of rotatable bonds is 0. The summed E-state index contributed by atoms with van der Waals surface area (Å²) in [5, 5.41) is 2.85. The van der Waals surface area contributed by atoms with Crippen molar-refractivity contribution >= 4 is 32.1 Å². The second kappa shape index (κ2) is 2.62. The minimum Gasteiger partial charge on any atom is -0.384 e. The molecule has 50 valence electrons. The molecule has 1 rings (SSSR count). The second-order valence-corrected chi connectivity index (χ2v) is 3.20. The Hall–Kier alpha value is -0.160. The van der Waals surface area contributed by atoms with Crippen LogP contribution in [0.1, 0.15) is 0 Å². The molecule has 5 heteroatoms. The van der Waals surface area contributed by atoms with Gasteiger partial charge < -0.3 is 11.1 Å². The summed E-state index contributed by atoms with van der Waals surface area (Å²) in [6.45, 7) is 0. The average Bonchev–Trinajstić information content (AvgIpc) is 1.59. The van der Waals surface area contributed by atoms with Crippen molar-refractivity contribution in [2.45, 2.75) is 0 Å². The first-order valence-electron chi connectivity index (χ1n) is 2.24. The number of hydrogen-bond donors (Lipinski definition) is 2. The van der Waals surface area contributed by atoms with E-state index in [-0.39, 0.29) is 0 Å². The summed E-state index contributed by atoms with van der Waals surface area (Å²) in [6, 6.07) is 0. The van der Waals surface area contributed by atoms with Crippen LogP contribution in [0.15, 0.2) is 22.8 Å². The molecule has 0 radical (unpaired) electrons. The maximum absolute atomic E-state index is 5.42. The molecular weight excluding hydrogens is 250 g/mol. The van der Waals surface area contributed by atoms with E-state index in [1.54, 1.807) is 16.3 Å². The van der Waals surface area contributed by atoms with E-state index in [0.717, 1.165) is 4.61 Å². The molecule has 0 bridgehead atoms. The van der Waals surface area contributed by atoms with Crippen LogP contribution in [0, 0.1) is 0 Å². The largest absolute Gasteiger partial charge is 0.384 e. The van der Waals surface area contributed by atoms with Gasteiger partial charge in [-0.05, 0) is 15.9 Å². The van der Waals surface area contributed by atoms with Gasteiger partial charge in [-0.2, -0.15) is 0 Å². The Morgan fingerprint density at radius 2 is 2.22 bits per heavy atom. The molecule has 0 atom stereocenters. The number of nitrogens with zero attached hydrogens (tertiary/aromatic N) is 1. The molecule has 1 aliphatic rings. The molecule has 0 aromatic rings. The average molecular weight is 255 g/mol. The number of nitrogens with one attached hydrogen (secondary N) is 1. The smallest absolute Gasteiger partial charge is 0.119 e. The molecular formula is C4H5Br2N3. The Morgan fingerprint density at radius 1 is 1.56 bits per heavy atom. The molecule has 0 aromatic carbocycles. The van der Waals surface area contributed by atoms with Crippen LogP contribution >= 0.6 is 32.1 Å². The van der Waals surface area contributed by atoms with Crippen molar-refractivity contribution in [3.05, 3.63) is 22.8 Å². The van der Waals surface area contributed by atoms with Crippen LogP contribution in [0.4, 0.5) is 0 Å². The summed E-state index contributed by atoms with van der Waals surface area (Å²) >= 11 is 6.43. The van der Waals surface area contributed by atoms with Crippen molar-refractivity contribution in [2.75, 3.05) is 0 Å². The van der Waals surface area contributed by atoms with Crippen molar-refractivity contribution in [3.8, 4) is 0 Å². The lowest BCUT2D eigenvalue weighted by Crippen LogP contribution is -2.23. The maximum atomic E-state index is 5.42. The minimum atomic E-state index is 0.598. The molecule has 0 unspecified atom stereocenters. The Kier molecular flexibility index (Phi) is 2.02. The zero-order valence-electron chi connectivity index (χ0n) is 4.44. The minimum absolute atomic E-state index is 0.598. The second-order valence-electron chi connectivity index (χ2n) is 1.53. The lowest BCUT2D eigenvalue weighted by Gasteiger charge is -2.15. The van der Waals surface area contributed by atoms with Gasteiger partial charge in [0.15, 0.2) is 0 Å². The fourth-order valence-electron chi connectivity index (χ4n) is 0.481. The summed E-state index contributed by atoms with van der Waals surface area (Å²) in [7, 11) is 0. The topological polar surface area (TPSA) is 41.3 Å². The van der Waals surface area contributed by atoms with Crippen LogP contribution in [0.5, 0.6) is 0 Å². The Balaban J connectivity index is 2.69. The summed E-state index contributed by atoms with van der Waals surface area (Å²) in [4.78, 5) is 0. The fraction of sp³-hybridized carbons (Fsp3) is 0. The van der Waals surface area contributed by atoms with Crippen molar-refractivity contribution in [1.82, 2.24) is 9.24 Å². The van der Waals surface area contributed by atoms with Gasteiger partial charge in [0.1, 0.15) is 10.4 Å². The first-order valence-corrected chi connectivity index (χ1v) is 3.74. The summed E-state index contributed by atoms with van der Waals surface area (Å²) in [6.07, 6.45) is 3.51. The molecule has 0 fully saturated rings. The first-order chi connectivity index (χ1) is 4.18. The fourth-order valence-corrected chi connectivity index (χ4v) is 1.63. The van der Waals surface area contributed by atoms with Gasteiger partial charge in [-0.3, -0.25) is 3.93 Å². The lowest BCUT2D eigenvalue weighted by molar-refractivity contribution is 0.784. The van der Waals surface area contributed by atoms with Crippen LogP contribution in [0.3, 0.4) is 0 Å². The first kappa shape index (κ1) is 6.95. The van der Waals surface area contributed by atoms with Crippen molar-refractivity contribution in [2.24, 2.45) is 5.73 Å². The van der Waals surface area contributed by atoms with Crippen LogP contribution in [0.25, 0.3) is 0 Å². The van der Waals surface area contributed by atoms with Gasteiger partial charge in [-0.15, -0.1) is 0 Å².